The van der Waals surface area contributed by atoms with Crippen LogP contribution in [-0.4, -0.2) is 47.0 Å². The van der Waals surface area contributed by atoms with Crippen molar-refractivity contribution in [3.63, 3.8) is 0 Å². The molecule has 0 radical (unpaired) electrons. The number of rotatable bonds is 4. The molecule has 1 amide bonds. The molecule has 0 saturated carbocycles. The Bertz CT molecular complexity index is 806. The first-order valence-corrected chi connectivity index (χ1v) is 10.9. The molecule has 1 aromatic carbocycles. The molecule has 2 aliphatic rings. The highest BCUT2D eigenvalue weighted by atomic mass is 16.2. The lowest BCUT2D eigenvalue weighted by Crippen LogP contribution is -2.32. The van der Waals surface area contributed by atoms with Gasteiger partial charge in [0.25, 0.3) is 5.91 Å². The van der Waals surface area contributed by atoms with Gasteiger partial charge in [-0.3, -0.25) is 4.79 Å². The van der Waals surface area contributed by atoms with Crippen LogP contribution in [0.5, 0.6) is 0 Å². The van der Waals surface area contributed by atoms with Gasteiger partial charge in [0.05, 0.1) is 0 Å². The Morgan fingerprint density at radius 1 is 0.966 bits per heavy atom. The molecule has 0 spiro atoms. The molecular weight excluding hydrogens is 362 g/mol. The smallest absolute Gasteiger partial charge is 0.272 e. The van der Waals surface area contributed by atoms with Crippen molar-refractivity contribution in [1.29, 1.82) is 0 Å². The number of anilines is 3. The molecule has 2 aromatic rings. The highest BCUT2D eigenvalue weighted by Gasteiger charge is 2.19. The fourth-order valence-electron chi connectivity index (χ4n) is 4.15. The van der Waals surface area contributed by atoms with Crippen molar-refractivity contribution >= 4 is 23.1 Å². The maximum atomic E-state index is 12.8. The van der Waals surface area contributed by atoms with E-state index in [1.54, 1.807) is 6.07 Å². The molecule has 2 saturated heterocycles. The number of benzene rings is 1. The zero-order chi connectivity index (χ0) is 20.1. The molecule has 2 aliphatic heterocycles. The van der Waals surface area contributed by atoms with Crippen LogP contribution in [-0.2, 0) is 0 Å². The zero-order valence-electron chi connectivity index (χ0n) is 17.3. The minimum atomic E-state index is 0.00650. The predicted molar refractivity (Wildman–Crippen MR) is 117 cm³/mol. The van der Waals surface area contributed by atoms with Crippen molar-refractivity contribution < 1.29 is 4.79 Å². The third-order valence-corrected chi connectivity index (χ3v) is 6.07. The normalized spacial score (nSPS) is 18.4. The first-order valence-electron chi connectivity index (χ1n) is 10.9. The van der Waals surface area contributed by atoms with Crippen molar-refractivity contribution in [2.75, 3.05) is 36.4 Å². The molecule has 6 nitrogen and oxygen atoms in total. The van der Waals surface area contributed by atoms with Crippen LogP contribution in [0.25, 0.3) is 0 Å². The van der Waals surface area contributed by atoms with Crippen molar-refractivity contribution in [2.24, 2.45) is 5.92 Å². The third kappa shape index (κ3) is 5.05. The van der Waals surface area contributed by atoms with Crippen LogP contribution in [0.2, 0.25) is 0 Å². The van der Waals surface area contributed by atoms with Gasteiger partial charge in [0.15, 0.2) is 0 Å². The Hall–Kier alpha value is -2.63. The fraction of sp³-hybridized carbons (Fsp3) is 0.522. The monoisotopic (exact) mass is 393 g/mol. The molecular formula is C23H31N5O. The van der Waals surface area contributed by atoms with E-state index in [0.717, 1.165) is 50.6 Å². The molecule has 1 aromatic heterocycles. The van der Waals surface area contributed by atoms with E-state index in [4.69, 9.17) is 0 Å². The lowest BCUT2D eigenvalue weighted by molar-refractivity contribution is 0.0755. The van der Waals surface area contributed by atoms with E-state index in [1.807, 2.05) is 4.90 Å². The number of likely N-dealkylation sites (tertiary alicyclic amines) is 1. The Morgan fingerprint density at radius 3 is 2.34 bits per heavy atom. The van der Waals surface area contributed by atoms with Crippen LogP contribution >= 0.6 is 0 Å². The Balaban J connectivity index is 1.40. The van der Waals surface area contributed by atoms with Crippen LogP contribution in [0.15, 0.2) is 36.7 Å². The molecule has 0 unspecified atom stereocenters. The predicted octanol–water partition coefficient (Wildman–Crippen LogP) is 4.47. The summed E-state index contributed by atoms with van der Waals surface area (Å²) in [6.45, 7) is 6.23. The second kappa shape index (κ2) is 9.25. The Morgan fingerprint density at radius 2 is 1.66 bits per heavy atom. The highest BCUT2D eigenvalue weighted by molar-refractivity contribution is 5.93. The summed E-state index contributed by atoms with van der Waals surface area (Å²) in [7, 11) is 0. The summed E-state index contributed by atoms with van der Waals surface area (Å²) >= 11 is 0. The van der Waals surface area contributed by atoms with Gasteiger partial charge in [-0.1, -0.05) is 19.8 Å². The summed E-state index contributed by atoms with van der Waals surface area (Å²) in [5.74, 6) is 1.49. The molecule has 0 bridgehead atoms. The average molecular weight is 394 g/mol. The van der Waals surface area contributed by atoms with Crippen LogP contribution in [0.4, 0.5) is 17.2 Å². The van der Waals surface area contributed by atoms with Crippen LogP contribution in [0.1, 0.15) is 55.9 Å². The number of hydrogen-bond donors (Lipinski definition) is 1. The molecule has 154 valence electrons. The number of aromatic nitrogens is 2. The van der Waals surface area contributed by atoms with Gasteiger partial charge < -0.3 is 15.1 Å². The summed E-state index contributed by atoms with van der Waals surface area (Å²) in [4.78, 5) is 25.7. The molecule has 0 aliphatic carbocycles. The summed E-state index contributed by atoms with van der Waals surface area (Å²) < 4.78 is 0. The van der Waals surface area contributed by atoms with Crippen molar-refractivity contribution in [2.45, 2.75) is 45.4 Å². The van der Waals surface area contributed by atoms with Crippen LogP contribution < -0.4 is 10.2 Å². The standard InChI is InChI=1S/C23H31N5O/c1-18-10-14-27(15-11-18)20-8-6-19(7-9-20)26-22-16-21(24-17-25-22)23(29)28-12-4-2-3-5-13-28/h6-9,16-18H,2-5,10-15H2,1H3,(H,24,25,26). The number of nitrogens with zero attached hydrogens (tertiary/aromatic N) is 4. The maximum Gasteiger partial charge on any atom is 0.272 e. The first kappa shape index (κ1) is 19.7. The second-order valence-electron chi connectivity index (χ2n) is 8.34. The summed E-state index contributed by atoms with van der Waals surface area (Å²) in [5.41, 5.74) is 2.69. The lowest BCUT2D eigenvalue weighted by atomic mass is 9.99. The van der Waals surface area contributed by atoms with Crippen molar-refractivity contribution in [1.82, 2.24) is 14.9 Å². The number of amides is 1. The average Bonchev–Trinajstić information content (AvgIpc) is 3.04. The molecule has 4 rings (SSSR count). The van der Waals surface area contributed by atoms with Gasteiger partial charge in [-0.2, -0.15) is 0 Å². The summed E-state index contributed by atoms with van der Waals surface area (Å²) in [6, 6.07) is 10.2. The number of hydrogen-bond acceptors (Lipinski definition) is 5. The molecule has 1 N–H and O–H groups in total. The van der Waals surface area contributed by atoms with Gasteiger partial charge in [0, 0.05) is 43.6 Å². The topological polar surface area (TPSA) is 61.4 Å². The Labute approximate surface area is 173 Å². The van der Waals surface area contributed by atoms with Gasteiger partial charge in [-0.25, -0.2) is 9.97 Å². The molecule has 2 fully saturated rings. The molecule has 0 atom stereocenters. The summed E-state index contributed by atoms with van der Waals surface area (Å²) in [5, 5.41) is 3.31. The number of carbonyl (C=O) groups excluding carboxylic acids is 1. The van der Waals surface area contributed by atoms with E-state index < -0.39 is 0 Å². The second-order valence-corrected chi connectivity index (χ2v) is 8.34. The molecule has 3 heterocycles. The quantitative estimate of drug-likeness (QED) is 0.830. The third-order valence-electron chi connectivity index (χ3n) is 6.07. The van der Waals surface area contributed by atoms with Gasteiger partial charge in [-0.15, -0.1) is 0 Å². The largest absolute Gasteiger partial charge is 0.372 e. The summed E-state index contributed by atoms with van der Waals surface area (Å²) in [6.07, 6.45) is 8.54. The minimum Gasteiger partial charge on any atom is -0.372 e. The van der Waals surface area contributed by atoms with Gasteiger partial charge >= 0.3 is 0 Å². The van der Waals surface area contributed by atoms with E-state index in [0.29, 0.717) is 11.5 Å². The van der Waals surface area contributed by atoms with Crippen LogP contribution in [0, 0.1) is 5.92 Å². The van der Waals surface area contributed by atoms with E-state index in [2.05, 4.69) is 51.4 Å². The van der Waals surface area contributed by atoms with E-state index in [-0.39, 0.29) is 5.91 Å². The highest BCUT2D eigenvalue weighted by Crippen LogP contribution is 2.25. The lowest BCUT2D eigenvalue weighted by Gasteiger charge is -2.32. The van der Waals surface area contributed by atoms with Crippen molar-refractivity contribution in [3.05, 3.63) is 42.4 Å². The number of piperidine rings is 1. The van der Waals surface area contributed by atoms with E-state index in [1.165, 1.54) is 37.7 Å². The maximum absolute atomic E-state index is 12.8. The fourth-order valence-corrected chi connectivity index (χ4v) is 4.15. The van der Waals surface area contributed by atoms with Gasteiger partial charge in [0.2, 0.25) is 0 Å². The van der Waals surface area contributed by atoms with Gasteiger partial charge in [-0.05, 0) is 55.9 Å². The van der Waals surface area contributed by atoms with Gasteiger partial charge in [0.1, 0.15) is 17.8 Å². The minimum absolute atomic E-state index is 0.00650. The molecule has 29 heavy (non-hydrogen) atoms. The zero-order valence-corrected chi connectivity index (χ0v) is 17.3. The number of nitrogens with one attached hydrogen (secondary N) is 1. The number of carbonyl (C=O) groups is 1. The van der Waals surface area contributed by atoms with E-state index >= 15 is 0 Å². The van der Waals surface area contributed by atoms with Crippen molar-refractivity contribution in [3.8, 4) is 0 Å². The molecule has 6 heteroatoms. The van der Waals surface area contributed by atoms with E-state index in [9.17, 15) is 4.79 Å². The SMILES string of the molecule is CC1CCN(c2ccc(Nc3cc(C(=O)N4CCCCCC4)ncn3)cc2)CC1. The Kier molecular flexibility index (Phi) is 6.27. The first-order chi connectivity index (χ1) is 14.2. The van der Waals surface area contributed by atoms with Crippen LogP contribution in [0.3, 0.4) is 0 Å².